The van der Waals surface area contributed by atoms with Crippen LogP contribution in [0.3, 0.4) is 0 Å². The summed E-state index contributed by atoms with van der Waals surface area (Å²) in [6.07, 6.45) is 2.31. The average molecular weight is 214 g/mol. The fraction of sp³-hybridized carbons (Fsp3) is 0.300. The van der Waals surface area contributed by atoms with Crippen LogP contribution in [0.5, 0.6) is 0 Å². The van der Waals surface area contributed by atoms with Crippen LogP contribution in [0.1, 0.15) is 18.4 Å². The molecular formula is C10H9Cl2N. The molecule has 0 spiro atoms. The number of benzene rings is 1. The van der Waals surface area contributed by atoms with E-state index in [1.165, 1.54) is 0 Å². The fourth-order valence-corrected chi connectivity index (χ4v) is 1.64. The van der Waals surface area contributed by atoms with E-state index in [9.17, 15) is 0 Å². The molecule has 1 aliphatic carbocycles. The maximum Gasteiger partial charge on any atom is 0.132 e. The van der Waals surface area contributed by atoms with Crippen LogP contribution >= 0.6 is 23.2 Å². The fourth-order valence-electron chi connectivity index (χ4n) is 1.06. The molecule has 68 valence electrons. The summed E-state index contributed by atoms with van der Waals surface area (Å²) in [6, 6.07) is 7.93. The molecule has 0 radical (unpaired) electrons. The van der Waals surface area contributed by atoms with Gasteiger partial charge >= 0.3 is 0 Å². The van der Waals surface area contributed by atoms with Crippen molar-refractivity contribution in [2.24, 2.45) is 4.99 Å². The van der Waals surface area contributed by atoms with Gasteiger partial charge in [-0.15, -0.1) is 0 Å². The number of nitrogens with zero attached hydrogens (tertiary/aromatic N) is 1. The third kappa shape index (κ3) is 2.23. The van der Waals surface area contributed by atoms with E-state index in [0.29, 0.717) is 16.2 Å². The Bertz CT molecular complexity index is 343. The second-order valence-electron chi connectivity index (χ2n) is 3.13. The Hall–Kier alpha value is -0.530. The second-order valence-corrected chi connectivity index (χ2v) is 3.90. The summed E-state index contributed by atoms with van der Waals surface area (Å²) >= 11 is 12.0. The Morgan fingerprint density at radius 1 is 1.31 bits per heavy atom. The molecule has 1 saturated carbocycles. The molecule has 13 heavy (non-hydrogen) atoms. The summed E-state index contributed by atoms with van der Waals surface area (Å²) in [5.41, 5.74) is 0.831. The molecular weight excluding hydrogens is 205 g/mol. The van der Waals surface area contributed by atoms with E-state index >= 15 is 0 Å². The van der Waals surface area contributed by atoms with Crippen LogP contribution < -0.4 is 0 Å². The largest absolute Gasteiger partial charge is 0.269 e. The quantitative estimate of drug-likeness (QED) is 0.668. The molecule has 0 aromatic heterocycles. The summed E-state index contributed by atoms with van der Waals surface area (Å²) in [5.74, 6) is 0. The zero-order valence-electron chi connectivity index (χ0n) is 7.00. The van der Waals surface area contributed by atoms with Gasteiger partial charge in [-0.25, -0.2) is 0 Å². The topological polar surface area (TPSA) is 12.4 Å². The summed E-state index contributed by atoms with van der Waals surface area (Å²) in [4.78, 5) is 4.32. The van der Waals surface area contributed by atoms with Crippen LogP contribution in [0.2, 0.25) is 5.02 Å². The molecule has 0 aliphatic heterocycles. The van der Waals surface area contributed by atoms with Crippen molar-refractivity contribution in [3.8, 4) is 0 Å². The van der Waals surface area contributed by atoms with Crippen molar-refractivity contribution >= 4 is 28.4 Å². The Kier molecular flexibility index (Phi) is 2.56. The van der Waals surface area contributed by atoms with Gasteiger partial charge in [-0.2, -0.15) is 0 Å². The molecule has 1 aliphatic rings. The summed E-state index contributed by atoms with van der Waals surface area (Å²) < 4.78 is 0. The van der Waals surface area contributed by atoms with E-state index in [1.807, 2.05) is 24.3 Å². The van der Waals surface area contributed by atoms with Crippen molar-refractivity contribution in [3.63, 3.8) is 0 Å². The second kappa shape index (κ2) is 3.69. The monoisotopic (exact) mass is 213 g/mol. The van der Waals surface area contributed by atoms with Crippen molar-refractivity contribution in [1.29, 1.82) is 0 Å². The van der Waals surface area contributed by atoms with Gasteiger partial charge in [-0.1, -0.05) is 41.4 Å². The molecule has 0 amide bonds. The minimum Gasteiger partial charge on any atom is -0.269 e. The molecule has 0 atom stereocenters. The molecule has 3 heteroatoms. The van der Waals surface area contributed by atoms with Gasteiger partial charge in [0.1, 0.15) is 5.17 Å². The molecule has 0 N–H and O–H groups in total. The van der Waals surface area contributed by atoms with Gasteiger partial charge in [-0.3, -0.25) is 4.99 Å². The van der Waals surface area contributed by atoms with Crippen LogP contribution in [-0.2, 0) is 0 Å². The highest BCUT2D eigenvalue weighted by Crippen LogP contribution is 2.26. The van der Waals surface area contributed by atoms with Gasteiger partial charge in [0, 0.05) is 5.56 Å². The first-order valence-electron chi connectivity index (χ1n) is 4.25. The van der Waals surface area contributed by atoms with Crippen molar-refractivity contribution in [3.05, 3.63) is 34.9 Å². The van der Waals surface area contributed by atoms with E-state index in [4.69, 9.17) is 23.2 Å². The van der Waals surface area contributed by atoms with Gasteiger partial charge in [0.2, 0.25) is 0 Å². The molecule has 1 nitrogen and oxygen atoms in total. The van der Waals surface area contributed by atoms with Gasteiger partial charge in [0.25, 0.3) is 0 Å². The predicted octanol–water partition coefficient (Wildman–Crippen LogP) is 3.49. The Morgan fingerprint density at radius 2 is 2.00 bits per heavy atom. The molecule has 0 bridgehead atoms. The normalized spacial score (nSPS) is 17.5. The highest BCUT2D eigenvalue weighted by atomic mass is 35.5. The zero-order valence-corrected chi connectivity index (χ0v) is 8.52. The lowest BCUT2D eigenvalue weighted by molar-refractivity contribution is 1.07. The van der Waals surface area contributed by atoms with Crippen LogP contribution in [0.4, 0.5) is 0 Å². The number of halogens is 2. The molecule has 0 unspecified atom stereocenters. The van der Waals surface area contributed by atoms with Gasteiger partial charge < -0.3 is 0 Å². The van der Waals surface area contributed by atoms with Crippen molar-refractivity contribution in [1.82, 2.24) is 0 Å². The maximum absolute atomic E-state index is 6.01. The lowest BCUT2D eigenvalue weighted by Crippen LogP contribution is -1.93. The third-order valence-electron chi connectivity index (χ3n) is 1.94. The van der Waals surface area contributed by atoms with Crippen molar-refractivity contribution in [2.75, 3.05) is 0 Å². The smallest absolute Gasteiger partial charge is 0.132 e. The number of hydrogen-bond donors (Lipinski definition) is 0. The molecule has 1 aromatic carbocycles. The Morgan fingerprint density at radius 3 is 2.62 bits per heavy atom. The molecule has 0 heterocycles. The Balaban J connectivity index is 2.28. The SMILES string of the molecule is ClC(=NC1CC1)c1ccccc1Cl. The highest BCUT2D eigenvalue weighted by molar-refractivity contribution is 6.70. The van der Waals surface area contributed by atoms with E-state index in [1.54, 1.807) is 0 Å². The van der Waals surface area contributed by atoms with Crippen LogP contribution in [0.25, 0.3) is 0 Å². The molecule has 2 rings (SSSR count). The van der Waals surface area contributed by atoms with Crippen LogP contribution in [0.15, 0.2) is 29.3 Å². The first-order valence-corrected chi connectivity index (χ1v) is 5.01. The average Bonchev–Trinajstić information content (AvgIpc) is 2.89. The summed E-state index contributed by atoms with van der Waals surface area (Å²) in [6.45, 7) is 0. The van der Waals surface area contributed by atoms with E-state index in [-0.39, 0.29) is 0 Å². The maximum atomic E-state index is 6.01. The van der Waals surface area contributed by atoms with E-state index in [0.717, 1.165) is 18.4 Å². The highest BCUT2D eigenvalue weighted by Gasteiger charge is 2.21. The summed E-state index contributed by atoms with van der Waals surface area (Å²) in [5, 5.41) is 1.20. The van der Waals surface area contributed by atoms with Gasteiger partial charge in [0.05, 0.1) is 11.1 Å². The van der Waals surface area contributed by atoms with Gasteiger partial charge in [-0.05, 0) is 18.9 Å². The molecule has 1 fully saturated rings. The lowest BCUT2D eigenvalue weighted by atomic mass is 10.2. The van der Waals surface area contributed by atoms with Crippen LogP contribution in [-0.4, -0.2) is 11.2 Å². The zero-order chi connectivity index (χ0) is 9.26. The van der Waals surface area contributed by atoms with Crippen molar-refractivity contribution in [2.45, 2.75) is 18.9 Å². The number of hydrogen-bond acceptors (Lipinski definition) is 1. The molecule has 1 aromatic rings. The summed E-state index contributed by atoms with van der Waals surface area (Å²) in [7, 11) is 0. The third-order valence-corrected chi connectivity index (χ3v) is 2.57. The van der Waals surface area contributed by atoms with Gasteiger partial charge in [0.15, 0.2) is 0 Å². The standard InChI is InChI=1S/C10H9Cl2N/c11-9-4-2-1-3-8(9)10(12)13-7-5-6-7/h1-4,7H,5-6H2. The molecule has 0 saturated heterocycles. The first kappa shape index (κ1) is 9.04. The first-order chi connectivity index (χ1) is 6.27. The van der Waals surface area contributed by atoms with Crippen molar-refractivity contribution < 1.29 is 0 Å². The predicted molar refractivity (Wildman–Crippen MR) is 56.9 cm³/mol. The lowest BCUT2D eigenvalue weighted by Gasteiger charge is -2.00. The number of aliphatic imine (C=N–C) groups is 1. The van der Waals surface area contributed by atoms with E-state index < -0.39 is 0 Å². The van der Waals surface area contributed by atoms with Crippen LogP contribution in [0, 0.1) is 0 Å². The van der Waals surface area contributed by atoms with E-state index in [2.05, 4.69) is 4.99 Å². The number of rotatable bonds is 2. The Labute approximate surface area is 87.4 Å². The minimum absolute atomic E-state index is 0.434. The minimum atomic E-state index is 0.434.